The number of carbonyl (C=O) groups excluding carboxylic acids is 1. The van der Waals surface area contributed by atoms with E-state index in [0.717, 1.165) is 28.3 Å². The van der Waals surface area contributed by atoms with Crippen molar-refractivity contribution < 1.29 is 18.8 Å². The Bertz CT molecular complexity index is 695. The van der Waals surface area contributed by atoms with Gasteiger partial charge in [0.05, 0.1) is 18.8 Å². The van der Waals surface area contributed by atoms with Crippen molar-refractivity contribution in [2.24, 2.45) is 0 Å². The van der Waals surface area contributed by atoms with Crippen LogP contribution in [0.25, 0.3) is 0 Å². The number of hydrogen-bond acceptors (Lipinski definition) is 6. The van der Waals surface area contributed by atoms with Gasteiger partial charge in [0.2, 0.25) is 5.91 Å². The topological polar surface area (TPSA) is 76.8 Å². The van der Waals surface area contributed by atoms with Crippen molar-refractivity contribution in [3.8, 4) is 5.75 Å². The molecule has 0 radical (unpaired) electrons. The van der Waals surface area contributed by atoms with Gasteiger partial charge >= 0.3 is 0 Å². The van der Waals surface area contributed by atoms with E-state index < -0.39 is 0 Å². The van der Waals surface area contributed by atoms with Crippen molar-refractivity contribution >= 4 is 5.91 Å². The summed E-state index contributed by atoms with van der Waals surface area (Å²) < 4.78 is 15.7. The van der Waals surface area contributed by atoms with E-state index in [1.54, 1.807) is 7.11 Å². The molecule has 0 saturated carbocycles. The summed E-state index contributed by atoms with van der Waals surface area (Å²) in [5.74, 6) is 1.52. The Kier molecular flexibility index (Phi) is 7.62. The van der Waals surface area contributed by atoms with Crippen molar-refractivity contribution in [3.05, 3.63) is 46.8 Å². The molecule has 0 atom stereocenters. The smallest absolute Gasteiger partial charge is 0.234 e. The van der Waals surface area contributed by atoms with Crippen LogP contribution in [0.3, 0.4) is 0 Å². The molecule has 26 heavy (non-hydrogen) atoms. The van der Waals surface area contributed by atoms with E-state index in [9.17, 15) is 4.79 Å². The Morgan fingerprint density at radius 2 is 2.12 bits per heavy atom. The van der Waals surface area contributed by atoms with Gasteiger partial charge in [0.25, 0.3) is 0 Å². The number of methoxy groups -OCH3 is 1. The summed E-state index contributed by atoms with van der Waals surface area (Å²) in [6, 6.07) is 7.67. The second-order valence-corrected chi connectivity index (χ2v) is 6.24. The van der Waals surface area contributed by atoms with E-state index in [2.05, 4.69) is 10.5 Å². The van der Waals surface area contributed by atoms with Crippen LogP contribution in [-0.4, -0.2) is 49.9 Å². The minimum atomic E-state index is -0.0371. The number of likely N-dealkylation sites (N-methyl/N-ethyl adjacent to an activating group) is 1. The maximum absolute atomic E-state index is 12.2. The standard InChI is InChI=1S/C19H27N3O4/c1-14-18(15(2)26-21-14)12-22(3)13-19(23)20-11-16-6-5-7-17(10-16)25-9-8-24-4/h5-7,10H,8-9,11-13H2,1-4H3,(H,20,23). The molecule has 7 nitrogen and oxygen atoms in total. The van der Waals surface area contributed by atoms with Gasteiger partial charge in [-0.1, -0.05) is 17.3 Å². The van der Waals surface area contributed by atoms with Crippen molar-refractivity contribution in [3.63, 3.8) is 0 Å². The first-order valence-corrected chi connectivity index (χ1v) is 8.57. The number of aromatic nitrogens is 1. The van der Waals surface area contributed by atoms with Gasteiger partial charge in [0, 0.05) is 25.8 Å². The second kappa shape index (κ2) is 9.94. The lowest BCUT2D eigenvalue weighted by atomic mass is 10.2. The number of ether oxygens (including phenoxy) is 2. The molecule has 0 fully saturated rings. The third-order valence-corrected chi connectivity index (χ3v) is 3.97. The van der Waals surface area contributed by atoms with Gasteiger partial charge in [-0.05, 0) is 38.6 Å². The largest absolute Gasteiger partial charge is 0.491 e. The number of rotatable bonds is 10. The van der Waals surface area contributed by atoms with E-state index in [1.807, 2.05) is 50.1 Å². The zero-order valence-corrected chi connectivity index (χ0v) is 15.9. The van der Waals surface area contributed by atoms with Crippen LogP contribution in [0.4, 0.5) is 0 Å². The van der Waals surface area contributed by atoms with Gasteiger partial charge in [0.15, 0.2) is 0 Å². The Morgan fingerprint density at radius 1 is 1.31 bits per heavy atom. The molecule has 0 unspecified atom stereocenters. The minimum Gasteiger partial charge on any atom is -0.491 e. The molecule has 7 heteroatoms. The Labute approximate surface area is 154 Å². The first-order chi connectivity index (χ1) is 12.5. The summed E-state index contributed by atoms with van der Waals surface area (Å²) in [4.78, 5) is 14.1. The monoisotopic (exact) mass is 361 g/mol. The highest BCUT2D eigenvalue weighted by atomic mass is 16.5. The van der Waals surface area contributed by atoms with Crippen molar-refractivity contribution in [2.75, 3.05) is 33.9 Å². The zero-order valence-electron chi connectivity index (χ0n) is 15.9. The van der Waals surface area contributed by atoms with Crippen molar-refractivity contribution in [2.45, 2.75) is 26.9 Å². The predicted octanol–water partition coefficient (Wildman–Crippen LogP) is 2.06. The summed E-state index contributed by atoms with van der Waals surface area (Å²) in [6.07, 6.45) is 0. The van der Waals surface area contributed by atoms with Crippen LogP contribution >= 0.6 is 0 Å². The maximum atomic E-state index is 12.2. The predicted molar refractivity (Wildman–Crippen MR) is 98.0 cm³/mol. The molecule has 1 aromatic heterocycles. The summed E-state index contributed by atoms with van der Waals surface area (Å²) in [7, 11) is 3.54. The quantitative estimate of drug-likeness (QED) is 0.653. The molecule has 0 aliphatic heterocycles. The molecule has 1 N–H and O–H groups in total. The molecule has 0 bridgehead atoms. The Balaban J connectivity index is 1.78. The van der Waals surface area contributed by atoms with Crippen LogP contribution in [0.1, 0.15) is 22.6 Å². The first-order valence-electron chi connectivity index (χ1n) is 8.57. The van der Waals surface area contributed by atoms with Gasteiger partial charge in [-0.15, -0.1) is 0 Å². The van der Waals surface area contributed by atoms with Gasteiger partial charge in [-0.3, -0.25) is 9.69 Å². The number of benzene rings is 1. The number of hydrogen-bond donors (Lipinski definition) is 1. The van der Waals surface area contributed by atoms with E-state index in [1.165, 1.54) is 0 Å². The summed E-state index contributed by atoms with van der Waals surface area (Å²) in [5, 5.41) is 6.87. The number of nitrogens with one attached hydrogen (secondary N) is 1. The molecular weight excluding hydrogens is 334 g/mol. The Morgan fingerprint density at radius 3 is 2.81 bits per heavy atom. The minimum absolute atomic E-state index is 0.0371. The summed E-state index contributed by atoms with van der Waals surface area (Å²) >= 11 is 0. The fraction of sp³-hybridized carbons (Fsp3) is 0.474. The average Bonchev–Trinajstić information content (AvgIpc) is 2.92. The zero-order chi connectivity index (χ0) is 18.9. The van der Waals surface area contributed by atoms with Gasteiger partial charge in [-0.25, -0.2) is 0 Å². The molecule has 2 aromatic rings. The van der Waals surface area contributed by atoms with Crippen LogP contribution in [0.2, 0.25) is 0 Å². The molecular formula is C19H27N3O4. The first kappa shape index (κ1) is 19.9. The third kappa shape index (κ3) is 6.16. The van der Waals surface area contributed by atoms with Gasteiger partial charge in [-0.2, -0.15) is 0 Å². The molecule has 0 aliphatic carbocycles. The van der Waals surface area contributed by atoms with Gasteiger partial charge in [0.1, 0.15) is 18.1 Å². The Hall–Kier alpha value is -2.38. The second-order valence-electron chi connectivity index (χ2n) is 6.24. The fourth-order valence-electron chi connectivity index (χ4n) is 2.54. The maximum Gasteiger partial charge on any atom is 0.234 e. The normalized spacial score (nSPS) is 11.0. The number of carbonyl (C=O) groups is 1. The van der Waals surface area contributed by atoms with Crippen LogP contribution in [0, 0.1) is 13.8 Å². The number of aryl methyl sites for hydroxylation is 2. The SMILES string of the molecule is COCCOc1cccc(CNC(=O)CN(C)Cc2c(C)noc2C)c1. The lowest BCUT2D eigenvalue weighted by Gasteiger charge is -2.16. The fourth-order valence-corrected chi connectivity index (χ4v) is 2.54. The molecule has 1 heterocycles. The lowest BCUT2D eigenvalue weighted by molar-refractivity contribution is -0.122. The van der Waals surface area contributed by atoms with Crippen molar-refractivity contribution in [1.82, 2.24) is 15.4 Å². The van der Waals surface area contributed by atoms with Crippen LogP contribution < -0.4 is 10.1 Å². The van der Waals surface area contributed by atoms with Crippen LogP contribution in [0.5, 0.6) is 5.75 Å². The molecule has 1 amide bonds. The molecule has 2 rings (SSSR count). The van der Waals surface area contributed by atoms with E-state index in [0.29, 0.717) is 32.8 Å². The number of amides is 1. The summed E-state index contributed by atoms with van der Waals surface area (Å²) in [5.41, 5.74) is 2.88. The highest BCUT2D eigenvalue weighted by molar-refractivity contribution is 5.78. The average molecular weight is 361 g/mol. The van der Waals surface area contributed by atoms with E-state index in [-0.39, 0.29) is 5.91 Å². The number of nitrogens with zero attached hydrogens (tertiary/aromatic N) is 2. The van der Waals surface area contributed by atoms with Crippen LogP contribution in [-0.2, 0) is 22.6 Å². The van der Waals surface area contributed by atoms with Crippen molar-refractivity contribution in [1.29, 1.82) is 0 Å². The van der Waals surface area contributed by atoms with E-state index >= 15 is 0 Å². The molecule has 1 aromatic carbocycles. The summed E-state index contributed by atoms with van der Waals surface area (Å²) in [6.45, 7) is 6.20. The molecule has 0 aliphatic rings. The molecule has 0 spiro atoms. The molecule has 0 saturated heterocycles. The third-order valence-electron chi connectivity index (χ3n) is 3.97. The van der Waals surface area contributed by atoms with Gasteiger partial charge < -0.3 is 19.3 Å². The highest BCUT2D eigenvalue weighted by Crippen LogP contribution is 2.14. The lowest BCUT2D eigenvalue weighted by Crippen LogP contribution is -2.34. The van der Waals surface area contributed by atoms with E-state index in [4.69, 9.17) is 14.0 Å². The van der Waals surface area contributed by atoms with Crippen LogP contribution in [0.15, 0.2) is 28.8 Å². The molecule has 142 valence electrons. The highest BCUT2D eigenvalue weighted by Gasteiger charge is 2.13.